The molecule has 1 fully saturated rings. The van der Waals surface area contributed by atoms with E-state index < -0.39 is 10.0 Å². The molecule has 1 saturated heterocycles. The second-order valence-electron chi connectivity index (χ2n) is 6.81. The van der Waals surface area contributed by atoms with Crippen molar-refractivity contribution < 1.29 is 13.2 Å². The van der Waals surface area contributed by atoms with Crippen LogP contribution in [0, 0.1) is 12.8 Å². The molecule has 2 aromatic rings. The number of nitrogens with zero attached hydrogens (tertiary/aromatic N) is 1. The van der Waals surface area contributed by atoms with Crippen LogP contribution in [0.25, 0.3) is 0 Å². The maximum atomic E-state index is 12.4. The van der Waals surface area contributed by atoms with E-state index in [1.54, 1.807) is 24.3 Å². The SMILES string of the molecule is Cc1ccc(S(=O)(=O)NCC2CC(=O)N(CCc3ccccc3)C2)cc1. The summed E-state index contributed by atoms with van der Waals surface area (Å²) < 4.78 is 27.4. The van der Waals surface area contributed by atoms with Gasteiger partial charge in [0.25, 0.3) is 0 Å². The van der Waals surface area contributed by atoms with Gasteiger partial charge in [0.05, 0.1) is 4.90 Å². The summed E-state index contributed by atoms with van der Waals surface area (Å²) in [6, 6.07) is 16.8. The minimum absolute atomic E-state index is 0.0125. The van der Waals surface area contributed by atoms with Crippen LogP contribution in [0.5, 0.6) is 0 Å². The number of aryl methyl sites for hydroxylation is 1. The Balaban J connectivity index is 1.51. The zero-order chi connectivity index (χ0) is 18.6. The maximum Gasteiger partial charge on any atom is 0.240 e. The third-order valence-corrected chi connectivity index (χ3v) is 6.14. The summed E-state index contributed by atoms with van der Waals surface area (Å²) in [6.45, 7) is 3.47. The van der Waals surface area contributed by atoms with Gasteiger partial charge in [-0.15, -0.1) is 0 Å². The standard InChI is InChI=1S/C20H24N2O3S/c1-16-7-9-19(10-8-16)26(24,25)21-14-18-13-20(23)22(15-18)12-11-17-5-3-2-4-6-17/h2-10,18,21H,11-15H2,1H3. The third-order valence-electron chi connectivity index (χ3n) is 4.70. The molecule has 0 aliphatic carbocycles. The topological polar surface area (TPSA) is 66.5 Å². The molecular formula is C20H24N2O3S. The molecule has 2 aromatic carbocycles. The number of hydrogen-bond donors (Lipinski definition) is 1. The van der Waals surface area contributed by atoms with E-state index in [0.29, 0.717) is 19.5 Å². The Morgan fingerprint density at radius 2 is 1.77 bits per heavy atom. The zero-order valence-corrected chi connectivity index (χ0v) is 15.7. The van der Waals surface area contributed by atoms with Gasteiger partial charge in [-0.1, -0.05) is 48.0 Å². The predicted molar refractivity (Wildman–Crippen MR) is 101 cm³/mol. The Labute approximate surface area is 155 Å². The van der Waals surface area contributed by atoms with Crippen LogP contribution in [-0.4, -0.2) is 38.9 Å². The van der Waals surface area contributed by atoms with Gasteiger partial charge in [0, 0.05) is 26.1 Å². The normalized spacial score (nSPS) is 17.7. The zero-order valence-electron chi connectivity index (χ0n) is 14.9. The first-order valence-electron chi connectivity index (χ1n) is 8.82. The lowest BCUT2D eigenvalue weighted by atomic mass is 10.1. The quantitative estimate of drug-likeness (QED) is 0.811. The third kappa shape index (κ3) is 4.71. The summed E-state index contributed by atoms with van der Waals surface area (Å²) >= 11 is 0. The molecule has 0 radical (unpaired) electrons. The van der Waals surface area contributed by atoms with Crippen LogP contribution in [0.2, 0.25) is 0 Å². The predicted octanol–water partition coefficient (Wildman–Crippen LogP) is 2.36. The number of benzene rings is 2. The molecule has 0 bridgehead atoms. The second kappa shape index (κ2) is 8.01. The van der Waals surface area contributed by atoms with Crippen LogP contribution >= 0.6 is 0 Å². The van der Waals surface area contributed by atoms with Crippen LogP contribution < -0.4 is 4.72 Å². The molecule has 1 aliphatic heterocycles. The van der Waals surface area contributed by atoms with E-state index in [2.05, 4.69) is 4.72 Å². The Morgan fingerprint density at radius 3 is 2.46 bits per heavy atom. The van der Waals surface area contributed by atoms with E-state index in [1.165, 1.54) is 5.56 Å². The van der Waals surface area contributed by atoms with Gasteiger partial charge < -0.3 is 4.90 Å². The lowest BCUT2D eigenvalue weighted by Crippen LogP contribution is -2.32. The molecule has 138 valence electrons. The Morgan fingerprint density at radius 1 is 1.08 bits per heavy atom. The van der Waals surface area contributed by atoms with Gasteiger partial charge in [0.1, 0.15) is 0 Å². The number of amides is 1. The number of rotatable bonds is 7. The highest BCUT2D eigenvalue weighted by Crippen LogP contribution is 2.19. The first-order chi connectivity index (χ1) is 12.4. The first kappa shape index (κ1) is 18.6. The van der Waals surface area contributed by atoms with Crippen molar-refractivity contribution in [3.8, 4) is 0 Å². The van der Waals surface area contributed by atoms with E-state index in [9.17, 15) is 13.2 Å². The summed E-state index contributed by atoms with van der Waals surface area (Å²) in [4.78, 5) is 14.3. The first-order valence-corrected chi connectivity index (χ1v) is 10.3. The Kier molecular flexibility index (Phi) is 5.74. The molecule has 26 heavy (non-hydrogen) atoms. The molecular weight excluding hydrogens is 348 g/mol. The van der Waals surface area contributed by atoms with Crippen LogP contribution in [0.3, 0.4) is 0 Å². The smallest absolute Gasteiger partial charge is 0.240 e. The number of carbonyl (C=O) groups is 1. The summed E-state index contributed by atoms with van der Waals surface area (Å²) in [7, 11) is -3.53. The Hall–Kier alpha value is -2.18. The van der Waals surface area contributed by atoms with Crippen LogP contribution in [-0.2, 0) is 21.2 Å². The summed E-state index contributed by atoms with van der Waals surface area (Å²) in [5.41, 5.74) is 2.21. The average Bonchev–Trinajstić information content (AvgIpc) is 2.99. The van der Waals surface area contributed by atoms with E-state index in [-0.39, 0.29) is 23.3 Å². The van der Waals surface area contributed by atoms with Crippen molar-refractivity contribution in [3.05, 3.63) is 65.7 Å². The monoisotopic (exact) mass is 372 g/mol. The lowest BCUT2D eigenvalue weighted by molar-refractivity contribution is -0.127. The molecule has 1 N–H and O–H groups in total. The van der Waals surface area contributed by atoms with Crippen molar-refractivity contribution in [2.24, 2.45) is 5.92 Å². The van der Waals surface area contributed by atoms with Crippen molar-refractivity contribution in [1.29, 1.82) is 0 Å². The molecule has 1 unspecified atom stereocenters. The van der Waals surface area contributed by atoms with Crippen molar-refractivity contribution in [3.63, 3.8) is 0 Å². The highest BCUT2D eigenvalue weighted by atomic mass is 32.2. The molecule has 0 saturated carbocycles. The largest absolute Gasteiger partial charge is 0.342 e. The van der Waals surface area contributed by atoms with Gasteiger partial charge in [0.2, 0.25) is 15.9 Å². The van der Waals surface area contributed by atoms with Gasteiger partial charge in [-0.05, 0) is 37.0 Å². The molecule has 1 amide bonds. The molecule has 0 spiro atoms. The Bertz CT molecular complexity index is 848. The van der Waals surface area contributed by atoms with Crippen molar-refractivity contribution in [2.45, 2.75) is 24.7 Å². The fourth-order valence-corrected chi connectivity index (χ4v) is 4.26. The van der Waals surface area contributed by atoms with Crippen LogP contribution in [0.15, 0.2) is 59.5 Å². The fourth-order valence-electron chi connectivity index (χ4n) is 3.14. The highest BCUT2D eigenvalue weighted by Gasteiger charge is 2.30. The molecule has 6 heteroatoms. The second-order valence-corrected chi connectivity index (χ2v) is 8.58. The minimum atomic E-state index is -3.53. The van der Waals surface area contributed by atoms with Crippen molar-refractivity contribution in [2.75, 3.05) is 19.6 Å². The van der Waals surface area contributed by atoms with E-state index in [0.717, 1.165) is 12.0 Å². The van der Waals surface area contributed by atoms with E-state index in [4.69, 9.17) is 0 Å². The van der Waals surface area contributed by atoms with Crippen molar-refractivity contribution in [1.82, 2.24) is 9.62 Å². The molecule has 0 aromatic heterocycles. The van der Waals surface area contributed by atoms with Gasteiger partial charge >= 0.3 is 0 Å². The number of hydrogen-bond acceptors (Lipinski definition) is 3. The van der Waals surface area contributed by atoms with Gasteiger partial charge in [-0.3, -0.25) is 4.79 Å². The van der Waals surface area contributed by atoms with Crippen LogP contribution in [0.4, 0.5) is 0 Å². The van der Waals surface area contributed by atoms with Gasteiger partial charge in [-0.2, -0.15) is 0 Å². The van der Waals surface area contributed by atoms with E-state index in [1.807, 2.05) is 42.2 Å². The maximum absolute atomic E-state index is 12.4. The van der Waals surface area contributed by atoms with Crippen molar-refractivity contribution >= 4 is 15.9 Å². The lowest BCUT2D eigenvalue weighted by Gasteiger charge is -2.17. The highest BCUT2D eigenvalue weighted by molar-refractivity contribution is 7.89. The minimum Gasteiger partial charge on any atom is -0.342 e. The fraction of sp³-hybridized carbons (Fsp3) is 0.350. The summed E-state index contributed by atoms with van der Waals surface area (Å²) in [5.74, 6) is 0.110. The number of likely N-dealkylation sites (tertiary alicyclic amines) is 1. The molecule has 1 heterocycles. The van der Waals surface area contributed by atoms with Crippen LogP contribution in [0.1, 0.15) is 17.5 Å². The summed E-state index contributed by atoms with van der Waals surface area (Å²) in [5, 5.41) is 0. The summed E-state index contributed by atoms with van der Waals surface area (Å²) in [6.07, 6.45) is 1.21. The van der Waals surface area contributed by atoms with Gasteiger partial charge in [-0.25, -0.2) is 13.1 Å². The average molecular weight is 372 g/mol. The number of sulfonamides is 1. The number of nitrogens with one attached hydrogen (secondary N) is 1. The molecule has 3 rings (SSSR count). The van der Waals surface area contributed by atoms with E-state index >= 15 is 0 Å². The molecule has 1 aliphatic rings. The number of carbonyl (C=O) groups excluding carboxylic acids is 1. The molecule has 1 atom stereocenters. The molecule has 5 nitrogen and oxygen atoms in total. The van der Waals surface area contributed by atoms with Gasteiger partial charge in [0.15, 0.2) is 0 Å².